The Kier molecular flexibility index (Phi) is 7.28. The molecule has 172 valence electrons. The molecule has 1 aliphatic rings. The van der Waals surface area contributed by atoms with Gasteiger partial charge in [0.25, 0.3) is 10.1 Å². The Morgan fingerprint density at radius 1 is 1.07 bits per heavy atom. The second kappa shape index (κ2) is 8.72. The predicted octanol–water partition coefficient (Wildman–Crippen LogP) is 3.26. The van der Waals surface area contributed by atoms with Crippen molar-refractivity contribution in [1.29, 1.82) is 0 Å². The molecule has 0 N–H and O–H groups in total. The van der Waals surface area contributed by atoms with E-state index in [1.807, 2.05) is 18.7 Å². The molecule has 0 heterocycles. The minimum Gasteiger partial charge on any atom is -0.379 e. The van der Waals surface area contributed by atoms with Gasteiger partial charge in [0.15, 0.2) is 11.6 Å². The van der Waals surface area contributed by atoms with E-state index in [1.54, 1.807) is 20.2 Å². The van der Waals surface area contributed by atoms with Crippen LogP contribution in [-0.4, -0.2) is 54.4 Å². The van der Waals surface area contributed by atoms with E-state index in [0.29, 0.717) is 18.4 Å². The van der Waals surface area contributed by atoms with E-state index >= 15 is 0 Å². The Hall–Kier alpha value is -1.23. The largest absolute Gasteiger partial charge is 0.379 e. The molecule has 10 heteroatoms. The first-order valence-electron chi connectivity index (χ1n) is 9.94. The normalized spacial score (nSPS) is 24.7. The number of nitrogens with zero attached hydrogens (tertiary/aromatic N) is 1. The van der Waals surface area contributed by atoms with Crippen molar-refractivity contribution in [2.24, 2.45) is 5.41 Å². The summed E-state index contributed by atoms with van der Waals surface area (Å²) in [6.45, 7) is 4.01. The molecule has 1 saturated carbocycles. The van der Waals surface area contributed by atoms with Crippen LogP contribution < -0.4 is 4.18 Å². The minimum absolute atomic E-state index is 0.248. The molecule has 0 aliphatic heterocycles. The lowest BCUT2D eigenvalue weighted by atomic mass is 9.61. The first-order chi connectivity index (χ1) is 13.7. The van der Waals surface area contributed by atoms with E-state index in [0.717, 1.165) is 31.4 Å². The highest BCUT2D eigenvalue weighted by atomic mass is 32.2. The first kappa shape index (κ1) is 25.0. The molecule has 0 radical (unpaired) electrons. The molecule has 1 aromatic carbocycles. The van der Waals surface area contributed by atoms with Crippen molar-refractivity contribution in [2.75, 3.05) is 26.6 Å². The van der Waals surface area contributed by atoms with E-state index < -0.39 is 37.7 Å². The van der Waals surface area contributed by atoms with Gasteiger partial charge in [-0.15, -0.1) is 0 Å². The Balaban J connectivity index is 2.68. The average molecular weight is 466 g/mol. The van der Waals surface area contributed by atoms with E-state index in [2.05, 4.69) is 0 Å². The molecule has 2 unspecified atom stereocenters. The van der Waals surface area contributed by atoms with Gasteiger partial charge in [-0.1, -0.05) is 26.0 Å². The van der Waals surface area contributed by atoms with Gasteiger partial charge in [0.2, 0.25) is 0 Å². The van der Waals surface area contributed by atoms with Gasteiger partial charge >= 0.3 is 10.1 Å². The topological polar surface area (TPSA) is 90.0 Å². The number of halogens is 1. The minimum atomic E-state index is -3.97. The van der Waals surface area contributed by atoms with Crippen molar-refractivity contribution in [3.8, 4) is 5.75 Å². The molecular formula is C20H32FNO6S2. The highest BCUT2D eigenvalue weighted by Crippen LogP contribution is 2.54. The third-order valence-corrected chi connectivity index (χ3v) is 7.55. The van der Waals surface area contributed by atoms with Gasteiger partial charge in [-0.2, -0.15) is 16.8 Å². The maximum atomic E-state index is 14.7. The summed E-state index contributed by atoms with van der Waals surface area (Å²) in [6, 6.07) is 4.27. The molecule has 2 atom stereocenters. The molecule has 30 heavy (non-hydrogen) atoms. The third kappa shape index (κ3) is 5.15. The monoisotopic (exact) mass is 465 g/mol. The fourth-order valence-electron chi connectivity index (χ4n) is 4.65. The molecule has 0 bridgehead atoms. The summed E-state index contributed by atoms with van der Waals surface area (Å²) < 4.78 is 73.0. The molecule has 0 spiro atoms. The maximum Gasteiger partial charge on any atom is 0.306 e. The van der Waals surface area contributed by atoms with Crippen molar-refractivity contribution in [1.82, 2.24) is 4.90 Å². The summed E-state index contributed by atoms with van der Waals surface area (Å²) in [7, 11) is -4.11. The van der Waals surface area contributed by atoms with Crippen LogP contribution in [0.1, 0.15) is 51.5 Å². The molecule has 1 aliphatic carbocycles. The fourth-order valence-corrected chi connectivity index (χ4v) is 5.82. The molecular weight excluding hydrogens is 433 g/mol. The third-order valence-electron chi connectivity index (χ3n) is 6.50. The van der Waals surface area contributed by atoms with Crippen LogP contribution in [0.4, 0.5) is 4.39 Å². The molecule has 1 aromatic rings. The Morgan fingerprint density at radius 3 is 2.13 bits per heavy atom. The predicted molar refractivity (Wildman–Crippen MR) is 114 cm³/mol. The lowest BCUT2D eigenvalue weighted by Crippen LogP contribution is -2.54. The van der Waals surface area contributed by atoms with Gasteiger partial charge in [0.1, 0.15) is 0 Å². The highest BCUT2D eigenvalue weighted by molar-refractivity contribution is 7.86. The summed E-state index contributed by atoms with van der Waals surface area (Å²) in [5.41, 5.74) is -0.861. The molecule has 7 nitrogen and oxygen atoms in total. The first-order valence-corrected chi connectivity index (χ1v) is 13.6. The standard InChI is InChI=1S/C20H32FNO6S2/c1-7-19(8-2)12-13-20(22(3)4,14-17(19)27-29(5,23)24)15-10-9-11-16(21)18(15)28-30(6,25)26/h9-11,17H,7-8,12-14H2,1-6H3. The summed E-state index contributed by atoms with van der Waals surface area (Å²) in [6.07, 6.45) is 4.14. The van der Waals surface area contributed by atoms with Gasteiger partial charge in [0, 0.05) is 5.56 Å². The van der Waals surface area contributed by atoms with E-state index in [-0.39, 0.29) is 17.6 Å². The van der Waals surface area contributed by atoms with Crippen molar-refractivity contribution >= 4 is 20.2 Å². The van der Waals surface area contributed by atoms with Gasteiger partial charge in [-0.3, -0.25) is 9.08 Å². The van der Waals surface area contributed by atoms with Crippen LogP contribution >= 0.6 is 0 Å². The molecule has 1 fully saturated rings. The highest BCUT2D eigenvalue weighted by Gasteiger charge is 2.52. The fraction of sp³-hybridized carbons (Fsp3) is 0.700. The second-order valence-corrected chi connectivity index (χ2v) is 11.6. The van der Waals surface area contributed by atoms with Crippen LogP contribution in [-0.2, 0) is 30.0 Å². The van der Waals surface area contributed by atoms with Crippen LogP contribution in [0.15, 0.2) is 18.2 Å². The van der Waals surface area contributed by atoms with Crippen molar-refractivity contribution in [3.63, 3.8) is 0 Å². The molecule has 0 aromatic heterocycles. The van der Waals surface area contributed by atoms with E-state index in [1.165, 1.54) is 6.07 Å². The van der Waals surface area contributed by atoms with Crippen molar-refractivity contribution in [2.45, 2.75) is 57.6 Å². The summed E-state index contributed by atoms with van der Waals surface area (Å²) in [5.74, 6) is -1.14. The Morgan fingerprint density at radius 2 is 1.67 bits per heavy atom. The van der Waals surface area contributed by atoms with Crippen LogP contribution in [0.25, 0.3) is 0 Å². The quantitative estimate of drug-likeness (QED) is 0.544. The Labute approximate surface area is 179 Å². The smallest absolute Gasteiger partial charge is 0.306 e. The zero-order valence-electron chi connectivity index (χ0n) is 18.4. The van der Waals surface area contributed by atoms with Crippen molar-refractivity contribution < 1.29 is 29.6 Å². The van der Waals surface area contributed by atoms with E-state index in [4.69, 9.17) is 8.37 Å². The maximum absolute atomic E-state index is 14.7. The molecule has 0 amide bonds. The van der Waals surface area contributed by atoms with Gasteiger partial charge in [-0.25, -0.2) is 4.39 Å². The van der Waals surface area contributed by atoms with Crippen LogP contribution in [0.5, 0.6) is 5.75 Å². The second-order valence-electron chi connectivity index (χ2n) is 8.39. The summed E-state index contributed by atoms with van der Waals surface area (Å²) in [5, 5.41) is 0. The van der Waals surface area contributed by atoms with Crippen LogP contribution in [0.2, 0.25) is 0 Å². The van der Waals surface area contributed by atoms with Gasteiger partial charge in [-0.05, 0) is 57.7 Å². The SMILES string of the molecule is CCC1(CC)CCC(c2cccc(F)c2OS(C)(=O)=O)(N(C)C)CC1OS(C)(=O)=O. The number of benzene rings is 1. The zero-order chi connectivity index (χ0) is 23.0. The number of rotatable bonds is 8. The van der Waals surface area contributed by atoms with Gasteiger partial charge in [0.05, 0.1) is 24.2 Å². The average Bonchev–Trinajstić information content (AvgIpc) is 2.61. The number of para-hydroxylation sites is 1. The van der Waals surface area contributed by atoms with Crippen LogP contribution in [0, 0.1) is 11.2 Å². The zero-order valence-corrected chi connectivity index (χ0v) is 20.1. The van der Waals surface area contributed by atoms with E-state index in [9.17, 15) is 21.2 Å². The number of hydrogen-bond acceptors (Lipinski definition) is 7. The van der Waals surface area contributed by atoms with Crippen LogP contribution in [0.3, 0.4) is 0 Å². The molecule has 0 saturated heterocycles. The van der Waals surface area contributed by atoms with Crippen molar-refractivity contribution in [3.05, 3.63) is 29.6 Å². The molecule has 2 rings (SSSR count). The lowest BCUT2D eigenvalue weighted by Gasteiger charge is -2.53. The summed E-state index contributed by atoms with van der Waals surface area (Å²) >= 11 is 0. The Bertz CT molecular complexity index is 973. The summed E-state index contributed by atoms with van der Waals surface area (Å²) in [4.78, 5) is 1.87. The lowest BCUT2D eigenvalue weighted by molar-refractivity contribution is -0.0640. The van der Waals surface area contributed by atoms with Gasteiger partial charge < -0.3 is 4.18 Å². The number of hydrogen-bond donors (Lipinski definition) is 0.